The average Bonchev–Trinajstić information content (AvgIpc) is 3.24. The van der Waals surface area contributed by atoms with Gasteiger partial charge in [0.15, 0.2) is 17.7 Å². The molecular weight excluding hydrogens is 420 g/mol. The van der Waals surface area contributed by atoms with Crippen molar-refractivity contribution in [2.45, 2.75) is 37.0 Å². The third kappa shape index (κ3) is 4.79. The van der Waals surface area contributed by atoms with E-state index in [1.807, 2.05) is 0 Å². The number of aliphatic carboxylic acids is 2. The molecule has 1 aliphatic rings. The number of fused-ring (bicyclic) bond motifs is 1. The van der Waals surface area contributed by atoms with Crippen LogP contribution in [0.3, 0.4) is 0 Å². The van der Waals surface area contributed by atoms with E-state index in [9.17, 15) is 24.9 Å². The molecule has 1 fully saturated rings. The fourth-order valence-electron chi connectivity index (χ4n) is 3.12. The Balaban J connectivity index is 1.62. The second-order valence-electron chi connectivity index (χ2n) is 6.66. The summed E-state index contributed by atoms with van der Waals surface area (Å²) in [5.41, 5.74) is 6.41. The molecule has 30 heavy (non-hydrogen) atoms. The van der Waals surface area contributed by atoms with Crippen LogP contribution in [0.5, 0.6) is 0 Å². The fourth-order valence-corrected chi connectivity index (χ4v) is 3.84. The summed E-state index contributed by atoms with van der Waals surface area (Å²) in [7, 11) is 0. The molecule has 1 aliphatic heterocycles. The number of thioether (sulfide) groups is 1. The van der Waals surface area contributed by atoms with Gasteiger partial charge in [0.05, 0.1) is 12.1 Å². The van der Waals surface area contributed by atoms with Gasteiger partial charge in [0, 0.05) is 6.54 Å². The number of aliphatic hydroxyl groups is 2. The predicted octanol–water partition coefficient (Wildman–Crippen LogP) is -1.72. The first kappa shape index (κ1) is 22.2. The van der Waals surface area contributed by atoms with Crippen LogP contribution in [-0.2, 0) is 14.3 Å². The number of nitrogen functional groups attached to an aromatic ring is 1. The lowest BCUT2D eigenvalue weighted by Crippen LogP contribution is -2.44. The second kappa shape index (κ2) is 9.53. The Morgan fingerprint density at radius 2 is 2.03 bits per heavy atom. The van der Waals surface area contributed by atoms with E-state index in [1.165, 1.54) is 17.2 Å². The third-order valence-corrected chi connectivity index (χ3v) is 5.61. The van der Waals surface area contributed by atoms with Crippen molar-refractivity contribution >= 4 is 40.7 Å². The van der Waals surface area contributed by atoms with Crippen LogP contribution in [0.1, 0.15) is 12.6 Å². The summed E-state index contributed by atoms with van der Waals surface area (Å²) in [4.78, 5) is 34.0. The number of nitrogens with two attached hydrogens (primary N) is 1. The van der Waals surface area contributed by atoms with Crippen LogP contribution in [0.15, 0.2) is 12.7 Å². The Kier molecular flexibility index (Phi) is 7.04. The lowest BCUT2D eigenvalue weighted by atomic mass is 10.1. The first-order valence-corrected chi connectivity index (χ1v) is 10.2. The van der Waals surface area contributed by atoms with Crippen LogP contribution in [0.4, 0.5) is 5.82 Å². The third-order valence-electron chi connectivity index (χ3n) is 4.64. The van der Waals surface area contributed by atoms with E-state index in [1.54, 1.807) is 0 Å². The number of aromatic nitrogens is 4. The quantitative estimate of drug-likeness (QED) is 0.227. The zero-order valence-electron chi connectivity index (χ0n) is 15.7. The van der Waals surface area contributed by atoms with E-state index in [4.69, 9.17) is 15.6 Å². The van der Waals surface area contributed by atoms with Gasteiger partial charge < -0.3 is 36.2 Å². The van der Waals surface area contributed by atoms with Gasteiger partial charge in [-0.3, -0.25) is 14.2 Å². The van der Waals surface area contributed by atoms with E-state index >= 15 is 0 Å². The standard InChI is InChI=1S/C16H22N6O7S/c17-13-10-14(20-5-19-13)22(6-21-10)15-12(26)11(25)8(29-15)3-18-7(16(27)28)1-2-30-4-9(23)24/h5-8,11-12,15,18,25-26H,1-4H2,(H,23,24)(H,27,28)(H2,17,19,20)/t7-,8+,11+,12+,15+/m0/s1. The molecule has 14 heteroatoms. The molecule has 3 heterocycles. The smallest absolute Gasteiger partial charge is 0.320 e. The highest BCUT2D eigenvalue weighted by Crippen LogP contribution is 2.31. The molecule has 0 bridgehead atoms. The van der Waals surface area contributed by atoms with E-state index < -0.39 is 42.5 Å². The topological polar surface area (TPSA) is 206 Å². The maximum Gasteiger partial charge on any atom is 0.320 e. The molecule has 13 nitrogen and oxygen atoms in total. The molecular formula is C16H22N6O7S. The molecule has 0 amide bonds. The maximum atomic E-state index is 11.4. The van der Waals surface area contributed by atoms with Crippen LogP contribution in [0, 0.1) is 0 Å². The van der Waals surface area contributed by atoms with Crippen molar-refractivity contribution in [2.24, 2.45) is 0 Å². The van der Waals surface area contributed by atoms with Gasteiger partial charge in [0.2, 0.25) is 0 Å². The van der Waals surface area contributed by atoms with Crippen molar-refractivity contribution in [3.8, 4) is 0 Å². The minimum atomic E-state index is -1.31. The fraction of sp³-hybridized carbons (Fsp3) is 0.562. The van der Waals surface area contributed by atoms with Crippen LogP contribution < -0.4 is 11.1 Å². The lowest BCUT2D eigenvalue weighted by molar-refractivity contribution is -0.139. The van der Waals surface area contributed by atoms with Crippen LogP contribution in [-0.4, -0.2) is 94.3 Å². The summed E-state index contributed by atoms with van der Waals surface area (Å²) in [6.07, 6.45) is -1.69. The number of hydrogen-bond donors (Lipinski definition) is 6. The maximum absolute atomic E-state index is 11.4. The number of ether oxygens (including phenoxy) is 1. The van der Waals surface area contributed by atoms with Gasteiger partial charge in [-0.1, -0.05) is 0 Å². The number of imidazole rings is 1. The molecule has 2 aromatic rings. The summed E-state index contributed by atoms with van der Waals surface area (Å²) in [6.45, 7) is -0.0426. The molecule has 164 valence electrons. The Bertz CT molecular complexity index is 911. The first-order chi connectivity index (χ1) is 14.3. The molecule has 0 spiro atoms. The molecule has 3 rings (SSSR count). The summed E-state index contributed by atoms with van der Waals surface area (Å²) >= 11 is 1.11. The van der Waals surface area contributed by atoms with E-state index in [0.717, 1.165) is 11.8 Å². The first-order valence-electron chi connectivity index (χ1n) is 9.00. The van der Waals surface area contributed by atoms with Crippen molar-refractivity contribution in [1.29, 1.82) is 0 Å². The molecule has 0 unspecified atom stereocenters. The highest BCUT2D eigenvalue weighted by Gasteiger charge is 2.44. The summed E-state index contributed by atoms with van der Waals surface area (Å²) in [5.74, 6) is -1.70. The highest BCUT2D eigenvalue weighted by molar-refractivity contribution is 7.99. The van der Waals surface area contributed by atoms with E-state index in [0.29, 0.717) is 16.9 Å². The summed E-state index contributed by atoms with van der Waals surface area (Å²) < 4.78 is 7.18. The number of rotatable bonds is 10. The number of carboxylic acids is 2. The van der Waals surface area contributed by atoms with Gasteiger partial charge in [-0.2, -0.15) is 11.8 Å². The Labute approximate surface area is 174 Å². The number of anilines is 1. The summed E-state index contributed by atoms with van der Waals surface area (Å²) in [6, 6.07) is -0.958. The van der Waals surface area contributed by atoms with Crippen LogP contribution in [0.2, 0.25) is 0 Å². The van der Waals surface area contributed by atoms with E-state index in [2.05, 4.69) is 20.3 Å². The molecule has 2 aromatic heterocycles. The molecule has 7 N–H and O–H groups in total. The number of nitrogens with one attached hydrogen (secondary N) is 1. The normalized spacial score (nSPS) is 24.9. The lowest BCUT2D eigenvalue weighted by Gasteiger charge is -2.19. The van der Waals surface area contributed by atoms with Gasteiger partial charge in [-0.05, 0) is 12.2 Å². The second-order valence-corrected chi connectivity index (χ2v) is 7.77. The summed E-state index contributed by atoms with van der Waals surface area (Å²) in [5, 5.41) is 41.5. The molecule has 0 aliphatic carbocycles. The highest BCUT2D eigenvalue weighted by atomic mass is 32.2. The monoisotopic (exact) mass is 442 g/mol. The van der Waals surface area contributed by atoms with Gasteiger partial charge in [-0.25, -0.2) is 15.0 Å². The van der Waals surface area contributed by atoms with Gasteiger partial charge in [-0.15, -0.1) is 0 Å². The largest absolute Gasteiger partial charge is 0.481 e. The van der Waals surface area contributed by atoms with Crippen molar-refractivity contribution in [1.82, 2.24) is 24.8 Å². The number of nitrogens with zero attached hydrogens (tertiary/aromatic N) is 4. The molecule has 0 aromatic carbocycles. The Morgan fingerprint density at radius 1 is 1.27 bits per heavy atom. The average molecular weight is 442 g/mol. The van der Waals surface area contributed by atoms with Crippen LogP contribution >= 0.6 is 11.8 Å². The minimum absolute atomic E-state index is 0.0426. The van der Waals surface area contributed by atoms with Gasteiger partial charge in [0.25, 0.3) is 0 Å². The number of hydrogen-bond acceptors (Lipinski definition) is 11. The van der Waals surface area contributed by atoms with Crippen molar-refractivity contribution in [3.63, 3.8) is 0 Å². The Hall–Kier alpha value is -2.52. The minimum Gasteiger partial charge on any atom is -0.481 e. The molecule has 5 atom stereocenters. The van der Waals surface area contributed by atoms with Crippen molar-refractivity contribution < 1.29 is 34.8 Å². The van der Waals surface area contributed by atoms with Gasteiger partial charge >= 0.3 is 11.9 Å². The zero-order chi connectivity index (χ0) is 21.8. The zero-order valence-corrected chi connectivity index (χ0v) is 16.5. The molecule has 0 saturated carbocycles. The molecule has 1 saturated heterocycles. The van der Waals surface area contributed by atoms with Crippen molar-refractivity contribution in [2.75, 3.05) is 23.8 Å². The number of aliphatic hydroxyl groups excluding tert-OH is 2. The van der Waals surface area contributed by atoms with Gasteiger partial charge in [0.1, 0.15) is 36.2 Å². The number of carbonyl (C=O) groups is 2. The number of carboxylic acid groups (broad SMARTS) is 2. The van der Waals surface area contributed by atoms with E-state index in [-0.39, 0.29) is 24.5 Å². The van der Waals surface area contributed by atoms with Crippen molar-refractivity contribution in [3.05, 3.63) is 12.7 Å². The SMILES string of the molecule is Nc1ncnc2c1ncn2[C@@H]1O[C@H](CN[C@@H](CCSCC(=O)O)C(=O)O)[C@@H](O)[C@H]1O. The molecule has 0 radical (unpaired) electrons. The van der Waals surface area contributed by atoms with Crippen LogP contribution in [0.25, 0.3) is 11.2 Å². The predicted molar refractivity (Wildman–Crippen MR) is 105 cm³/mol. The Morgan fingerprint density at radius 3 is 2.73 bits per heavy atom.